The number of pyridine rings is 1. The second-order valence-corrected chi connectivity index (χ2v) is 3.88. The standard InChI is InChI=1S/C11H18N2O/c1-8(2)11(14)7-13-10-4-5-12-9(3)6-10/h4-6,8,11,14H,7H2,1-3H3,(H,12,13). The van der Waals surface area contributed by atoms with E-state index in [-0.39, 0.29) is 12.0 Å². The van der Waals surface area contributed by atoms with E-state index in [2.05, 4.69) is 10.3 Å². The maximum absolute atomic E-state index is 9.58. The number of rotatable bonds is 4. The molecule has 0 aliphatic heterocycles. The van der Waals surface area contributed by atoms with Crippen LogP contribution in [-0.4, -0.2) is 22.7 Å². The molecule has 0 amide bonds. The lowest BCUT2D eigenvalue weighted by molar-refractivity contribution is 0.138. The van der Waals surface area contributed by atoms with Gasteiger partial charge in [0.15, 0.2) is 0 Å². The van der Waals surface area contributed by atoms with Gasteiger partial charge < -0.3 is 10.4 Å². The van der Waals surface area contributed by atoms with Crippen LogP contribution in [0.3, 0.4) is 0 Å². The number of aliphatic hydroxyl groups is 1. The topological polar surface area (TPSA) is 45.1 Å². The van der Waals surface area contributed by atoms with E-state index in [1.807, 2.05) is 32.9 Å². The summed E-state index contributed by atoms with van der Waals surface area (Å²) >= 11 is 0. The van der Waals surface area contributed by atoms with Crippen LogP contribution in [0.5, 0.6) is 0 Å². The molecule has 78 valence electrons. The Bertz CT molecular complexity index is 286. The molecule has 0 aromatic carbocycles. The minimum atomic E-state index is -0.302. The van der Waals surface area contributed by atoms with Gasteiger partial charge in [-0.3, -0.25) is 4.98 Å². The van der Waals surface area contributed by atoms with E-state index in [1.54, 1.807) is 6.20 Å². The summed E-state index contributed by atoms with van der Waals surface area (Å²) < 4.78 is 0. The molecule has 1 unspecified atom stereocenters. The fourth-order valence-electron chi connectivity index (χ4n) is 1.11. The zero-order valence-electron chi connectivity index (χ0n) is 8.99. The van der Waals surface area contributed by atoms with Gasteiger partial charge in [-0.15, -0.1) is 0 Å². The van der Waals surface area contributed by atoms with Crippen molar-refractivity contribution in [3.8, 4) is 0 Å². The van der Waals surface area contributed by atoms with Gasteiger partial charge in [-0.25, -0.2) is 0 Å². The van der Waals surface area contributed by atoms with Crippen molar-refractivity contribution >= 4 is 5.69 Å². The lowest BCUT2D eigenvalue weighted by Crippen LogP contribution is -2.24. The first-order chi connectivity index (χ1) is 6.59. The van der Waals surface area contributed by atoms with Crippen molar-refractivity contribution < 1.29 is 5.11 Å². The van der Waals surface area contributed by atoms with E-state index < -0.39 is 0 Å². The molecule has 3 nitrogen and oxygen atoms in total. The lowest BCUT2D eigenvalue weighted by Gasteiger charge is -2.15. The van der Waals surface area contributed by atoms with E-state index in [4.69, 9.17) is 0 Å². The number of nitrogens with one attached hydrogen (secondary N) is 1. The Morgan fingerprint density at radius 1 is 1.50 bits per heavy atom. The number of hydrogen-bond acceptors (Lipinski definition) is 3. The first-order valence-electron chi connectivity index (χ1n) is 4.94. The maximum atomic E-state index is 9.58. The minimum absolute atomic E-state index is 0.283. The molecule has 0 fully saturated rings. The van der Waals surface area contributed by atoms with Crippen LogP contribution in [-0.2, 0) is 0 Å². The fraction of sp³-hybridized carbons (Fsp3) is 0.545. The number of nitrogens with zero attached hydrogens (tertiary/aromatic N) is 1. The predicted octanol–water partition coefficient (Wildman–Crippen LogP) is 1.82. The van der Waals surface area contributed by atoms with E-state index in [1.165, 1.54) is 0 Å². The molecule has 14 heavy (non-hydrogen) atoms. The van der Waals surface area contributed by atoms with Crippen molar-refractivity contribution in [3.05, 3.63) is 24.0 Å². The van der Waals surface area contributed by atoms with E-state index in [0.717, 1.165) is 11.4 Å². The number of aromatic nitrogens is 1. The second kappa shape index (κ2) is 4.96. The van der Waals surface area contributed by atoms with Crippen LogP contribution in [0.25, 0.3) is 0 Å². The van der Waals surface area contributed by atoms with E-state index in [9.17, 15) is 5.11 Å². The summed E-state index contributed by atoms with van der Waals surface area (Å²) in [4.78, 5) is 4.10. The van der Waals surface area contributed by atoms with Crippen molar-refractivity contribution in [1.29, 1.82) is 0 Å². The molecule has 0 aliphatic rings. The molecule has 2 N–H and O–H groups in total. The predicted molar refractivity (Wildman–Crippen MR) is 58.3 cm³/mol. The summed E-state index contributed by atoms with van der Waals surface area (Å²) in [7, 11) is 0. The summed E-state index contributed by atoms with van der Waals surface area (Å²) in [5, 5.41) is 12.8. The molecule has 1 heterocycles. The molecule has 0 saturated carbocycles. The molecule has 0 saturated heterocycles. The van der Waals surface area contributed by atoms with Crippen molar-refractivity contribution in [2.75, 3.05) is 11.9 Å². The SMILES string of the molecule is Cc1cc(NCC(O)C(C)C)ccn1. The highest BCUT2D eigenvalue weighted by molar-refractivity contribution is 5.42. The zero-order valence-corrected chi connectivity index (χ0v) is 8.99. The van der Waals surface area contributed by atoms with Gasteiger partial charge in [-0.2, -0.15) is 0 Å². The summed E-state index contributed by atoms with van der Waals surface area (Å²) in [6, 6.07) is 3.87. The van der Waals surface area contributed by atoms with Crippen molar-refractivity contribution in [2.45, 2.75) is 26.9 Å². The first-order valence-corrected chi connectivity index (χ1v) is 4.94. The Labute approximate surface area is 85.2 Å². The number of hydrogen-bond donors (Lipinski definition) is 2. The molecule has 1 aromatic heterocycles. The van der Waals surface area contributed by atoms with Crippen LogP contribution in [0.15, 0.2) is 18.3 Å². The largest absolute Gasteiger partial charge is 0.391 e. The zero-order chi connectivity index (χ0) is 10.6. The van der Waals surface area contributed by atoms with Crippen molar-refractivity contribution in [2.24, 2.45) is 5.92 Å². The summed E-state index contributed by atoms with van der Waals surface area (Å²) in [5.41, 5.74) is 1.99. The quantitative estimate of drug-likeness (QED) is 0.768. The van der Waals surface area contributed by atoms with Gasteiger partial charge in [-0.1, -0.05) is 13.8 Å². The summed E-state index contributed by atoms with van der Waals surface area (Å²) in [5.74, 6) is 0.283. The minimum Gasteiger partial charge on any atom is -0.391 e. The third-order valence-corrected chi connectivity index (χ3v) is 2.18. The molecule has 0 spiro atoms. The van der Waals surface area contributed by atoms with Gasteiger partial charge in [0.1, 0.15) is 0 Å². The van der Waals surface area contributed by atoms with Gasteiger partial charge in [-0.05, 0) is 25.0 Å². The molecule has 0 radical (unpaired) electrons. The molecular weight excluding hydrogens is 176 g/mol. The third kappa shape index (κ3) is 3.34. The fourth-order valence-corrected chi connectivity index (χ4v) is 1.11. The molecule has 1 aromatic rings. The molecule has 0 aliphatic carbocycles. The highest BCUT2D eigenvalue weighted by atomic mass is 16.3. The number of aliphatic hydroxyl groups excluding tert-OH is 1. The lowest BCUT2D eigenvalue weighted by atomic mass is 10.1. The van der Waals surface area contributed by atoms with Gasteiger partial charge >= 0.3 is 0 Å². The van der Waals surface area contributed by atoms with Crippen molar-refractivity contribution in [3.63, 3.8) is 0 Å². The summed E-state index contributed by atoms with van der Waals surface area (Å²) in [6.45, 7) is 6.54. The average Bonchev–Trinajstić information content (AvgIpc) is 2.14. The van der Waals surface area contributed by atoms with Gasteiger partial charge in [0.25, 0.3) is 0 Å². The van der Waals surface area contributed by atoms with Crippen LogP contribution < -0.4 is 5.32 Å². The Kier molecular flexibility index (Phi) is 3.89. The Morgan fingerprint density at radius 2 is 2.21 bits per heavy atom. The molecule has 0 bridgehead atoms. The van der Waals surface area contributed by atoms with Crippen LogP contribution in [0, 0.1) is 12.8 Å². The highest BCUT2D eigenvalue weighted by Gasteiger charge is 2.07. The monoisotopic (exact) mass is 194 g/mol. The molecule has 1 rings (SSSR count). The number of anilines is 1. The van der Waals surface area contributed by atoms with Crippen LogP contribution in [0.2, 0.25) is 0 Å². The smallest absolute Gasteiger partial charge is 0.0735 e. The Hall–Kier alpha value is -1.09. The Morgan fingerprint density at radius 3 is 2.79 bits per heavy atom. The second-order valence-electron chi connectivity index (χ2n) is 3.88. The average molecular weight is 194 g/mol. The normalized spacial score (nSPS) is 12.9. The number of aryl methyl sites for hydroxylation is 1. The van der Waals surface area contributed by atoms with E-state index >= 15 is 0 Å². The van der Waals surface area contributed by atoms with Crippen molar-refractivity contribution in [1.82, 2.24) is 4.98 Å². The summed E-state index contributed by atoms with van der Waals surface area (Å²) in [6.07, 6.45) is 1.46. The highest BCUT2D eigenvalue weighted by Crippen LogP contribution is 2.08. The molecule has 3 heteroatoms. The van der Waals surface area contributed by atoms with Gasteiger partial charge in [0.05, 0.1) is 6.10 Å². The van der Waals surface area contributed by atoms with Crippen LogP contribution in [0.4, 0.5) is 5.69 Å². The first kappa shape index (κ1) is 11.0. The third-order valence-electron chi connectivity index (χ3n) is 2.18. The maximum Gasteiger partial charge on any atom is 0.0735 e. The molecular formula is C11H18N2O. The van der Waals surface area contributed by atoms with Gasteiger partial charge in [0.2, 0.25) is 0 Å². The van der Waals surface area contributed by atoms with Crippen LogP contribution in [0.1, 0.15) is 19.5 Å². The molecule has 1 atom stereocenters. The Balaban J connectivity index is 2.45. The van der Waals surface area contributed by atoms with Crippen LogP contribution >= 0.6 is 0 Å². The van der Waals surface area contributed by atoms with E-state index in [0.29, 0.717) is 6.54 Å². The van der Waals surface area contributed by atoms with Gasteiger partial charge in [0, 0.05) is 24.1 Å².